The van der Waals surface area contributed by atoms with Crippen LogP contribution in [-0.2, 0) is 0 Å². The predicted molar refractivity (Wildman–Crippen MR) is 182 cm³/mol. The van der Waals surface area contributed by atoms with Gasteiger partial charge in [0, 0.05) is 48.0 Å². The van der Waals surface area contributed by atoms with Crippen molar-refractivity contribution in [3.05, 3.63) is 93.0 Å². The Hall–Kier alpha value is -4.18. The number of nitrogens with one attached hydrogen (secondary N) is 2. The van der Waals surface area contributed by atoms with E-state index in [0.29, 0.717) is 39.2 Å². The normalized spacial score (nSPS) is 11.0. The van der Waals surface area contributed by atoms with E-state index < -0.39 is 6.09 Å². The lowest BCUT2D eigenvalue weighted by molar-refractivity contribution is 0.0949. The second-order valence-electron chi connectivity index (χ2n) is 10.6. The number of rotatable bonds is 11. The monoisotopic (exact) mass is 648 g/mol. The van der Waals surface area contributed by atoms with Crippen LogP contribution >= 0.6 is 23.2 Å². The van der Waals surface area contributed by atoms with Crippen LogP contribution in [0, 0.1) is 20.8 Å². The van der Waals surface area contributed by atoms with Gasteiger partial charge in [-0.1, -0.05) is 49.2 Å². The Morgan fingerprint density at radius 3 is 2.29 bits per heavy atom. The summed E-state index contributed by atoms with van der Waals surface area (Å²) < 4.78 is 5.72. The molecule has 1 heterocycles. The molecule has 0 fully saturated rings. The Labute approximate surface area is 274 Å². The molecule has 0 unspecified atom stereocenters. The van der Waals surface area contributed by atoms with Crippen molar-refractivity contribution in [2.24, 2.45) is 0 Å². The fourth-order valence-corrected chi connectivity index (χ4v) is 5.12. The summed E-state index contributed by atoms with van der Waals surface area (Å²) in [5.74, 6) is 0.113. The van der Waals surface area contributed by atoms with Gasteiger partial charge in [-0.25, -0.2) is 9.78 Å². The van der Waals surface area contributed by atoms with Crippen LogP contribution in [0.15, 0.2) is 60.7 Å². The summed E-state index contributed by atoms with van der Waals surface area (Å²) in [7, 11) is 1.54. The molecule has 1 aromatic heterocycles. The molecule has 0 saturated carbocycles. The molecule has 0 bridgehead atoms. The van der Waals surface area contributed by atoms with Gasteiger partial charge in [0.05, 0.1) is 16.4 Å². The highest BCUT2D eigenvalue weighted by Crippen LogP contribution is 2.31. The summed E-state index contributed by atoms with van der Waals surface area (Å²) in [6.07, 6.45) is -0.706. The molecule has 0 aliphatic heterocycles. The smallest absolute Gasteiger partial charge is 0.391 e. The molecule has 0 aliphatic carbocycles. The molecule has 9 nitrogen and oxygen atoms in total. The Morgan fingerprint density at radius 2 is 1.60 bits per heavy atom. The molecule has 0 atom stereocenters. The average Bonchev–Trinajstić information content (AvgIpc) is 3.03. The molecule has 4 rings (SSSR count). The number of nitrogens with zero attached hydrogens (tertiary/aromatic N) is 4. The minimum absolute atomic E-state index is 0.0410. The number of aryl methyl sites for hydroxylation is 1. The van der Waals surface area contributed by atoms with Crippen LogP contribution in [0.1, 0.15) is 40.9 Å². The van der Waals surface area contributed by atoms with Crippen molar-refractivity contribution in [1.82, 2.24) is 20.2 Å². The number of ether oxygens (including phenoxy) is 1. The molecule has 0 aliphatic rings. The topological polar surface area (TPSA) is 99.7 Å². The van der Waals surface area contributed by atoms with E-state index >= 15 is 0 Å². The quantitative estimate of drug-likeness (QED) is 0.171. The average molecular weight is 650 g/mol. The summed E-state index contributed by atoms with van der Waals surface area (Å²) in [6.45, 7) is 13.6. The van der Waals surface area contributed by atoms with E-state index in [0.717, 1.165) is 41.9 Å². The maximum Gasteiger partial charge on any atom is 0.420 e. The maximum atomic E-state index is 13.2. The third kappa shape index (κ3) is 8.51. The summed E-state index contributed by atoms with van der Waals surface area (Å²) in [4.78, 5) is 38.6. The van der Waals surface area contributed by atoms with Crippen LogP contribution in [0.2, 0.25) is 10.0 Å². The van der Waals surface area contributed by atoms with E-state index in [-0.39, 0.29) is 17.7 Å². The number of amides is 2. The Kier molecular flexibility index (Phi) is 11.4. The minimum Gasteiger partial charge on any atom is -0.391 e. The zero-order valence-corrected chi connectivity index (χ0v) is 27.9. The first-order valence-electron chi connectivity index (χ1n) is 14.7. The van der Waals surface area contributed by atoms with Gasteiger partial charge in [0.25, 0.3) is 5.91 Å². The van der Waals surface area contributed by atoms with Crippen molar-refractivity contribution < 1.29 is 14.3 Å². The number of anilines is 3. The zero-order chi connectivity index (χ0) is 32.7. The zero-order valence-electron chi connectivity index (χ0n) is 26.4. The van der Waals surface area contributed by atoms with Crippen molar-refractivity contribution in [1.29, 1.82) is 0 Å². The van der Waals surface area contributed by atoms with Gasteiger partial charge in [0.1, 0.15) is 0 Å². The number of halogens is 2. The van der Waals surface area contributed by atoms with Gasteiger partial charge in [-0.05, 0) is 93.0 Å². The van der Waals surface area contributed by atoms with E-state index in [1.54, 1.807) is 48.5 Å². The molecular formula is C34H38Cl2N6O3. The summed E-state index contributed by atoms with van der Waals surface area (Å²) in [5.41, 5.74) is 6.39. The van der Waals surface area contributed by atoms with Crippen molar-refractivity contribution in [3.8, 4) is 17.1 Å². The van der Waals surface area contributed by atoms with Crippen LogP contribution in [0.25, 0.3) is 11.3 Å². The maximum absolute atomic E-state index is 13.2. The van der Waals surface area contributed by atoms with E-state index in [1.807, 2.05) is 19.1 Å². The van der Waals surface area contributed by atoms with Crippen LogP contribution in [0.5, 0.6) is 5.88 Å². The summed E-state index contributed by atoms with van der Waals surface area (Å²) in [5, 5.41) is 6.92. The number of hydrogen-bond donors (Lipinski definition) is 2. The van der Waals surface area contributed by atoms with Gasteiger partial charge in [0.2, 0.25) is 11.8 Å². The van der Waals surface area contributed by atoms with Crippen LogP contribution in [0.4, 0.5) is 22.1 Å². The Bertz CT molecular complexity index is 1680. The highest BCUT2D eigenvalue weighted by molar-refractivity contribution is 6.35. The van der Waals surface area contributed by atoms with E-state index in [9.17, 15) is 9.59 Å². The molecule has 236 valence electrons. The number of aromatic nitrogens is 2. The van der Waals surface area contributed by atoms with E-state index in [1.165, 1.54) is 11.9 Å². The second-order valence-corrected chi connectivity index (χ2v) is 11.4. The number of carbonyl (C=O) groups is 2. The fourth-order valence-electron chi connectivity index (χ4n) is 4.71. The lowest BCUT2D eigenvalue weighted by atomic mass is 9.97. The van der Waals surface area contributed by atoms with Crippen molar-refractivity contribution >= 4 is 52.5 Å². The van der Waals surface area contributed by atoms with Gasteiger partial charge < -0.3 is 20.3 Å². The highest BCUT2D eigenvalue weighted by atomic mass is 35.5. The lowest BCUT2D eigenvalue weighted by Crippen LogP contribution is -2.34. The predicted octanol–water partition coefficient (Wildman–Crippen LogP) is 7.83. The SMILES string of the molecule is CCN(CC)CCNC(=O)c1ccc(Nc2nc(OC(=O)N(C)c3cc(Cl)ccc3Cl)cc(-c3ccc(C)c(C)c3C)n2)cc1. The summed E-state index contributed by atoms with van der Waals surface area (Å²) in [6, 6.07) is 17.5. The Morgan fingerprint density at radius 1 is 0.889 bits per heavy atom. The highest BCUT2D eigenvalue weighted by Gasteiger charge is 2.20. The second kappa shape index (κ2) is 15.2. The van der Waals surface area contributed by atoms with E-state index in [2.05, 4.69) is 48.2 Å². The van der Waals surface area contributed by atoms with Gasteiger partial charge >= 0.3 is 6.09 Å². The fraction of sp³-hybridized carbons (Fsp3) is 0.294. The number of hydrogen-bond acceptors (Lipinski definition) is 7. The van der Waals surface area contributed by atoms with Gasteiger partial charge in [-0.15, -0.1) is 0 Å². The molecule has 11 heteroatoms. The molecule has 4 aromatic rings. The number of carbonyl (C=O) groups excluding carboxylic acids is 2. The van der Waals surface area contributed by atoms with Crippen molar-refractivity contribution in [2.75, 3.05) is 43.4 Å². The van der Waals surface area contributed by atoms with Gasteiger partial charge in [-0.2, -0.15) is 4.98 Å². The molecule has 2 amide bonds. The van der Waals surface area contributed by atoms with Crippen molar-refractivity contribution in [2.45, 2.75) is 34.6 Å². The first-order chi connectivity index (χ1) is 21.5. The number of benzene rings is 3. The molecule has 0 spiro atoms. The summed E-state index contributed by atoms with van der Waals surface area (Å²) >= 11 is 12.4. The Balaban J connectivity index is 1.59. The standard InChI is InChI=1S/C34H38Cl2N6O3/c1-7-42(8-2)18-17-37-32(43)24-10-13-26(14-11-24)38-33-39-29(27-15-9-21(3)22(4)23(27)5)20-31(40-33)45-34(44)41(6)30-19-25(35)12-16-28(30)36/h9-16,19-20H,7-8,17-18H2,1-6H3,(H,37,43)(H,38,39,40). The van der Waals surface area contributed by atoms with Crippen LogP contribution in [-0.4, -0.2) is 60.1 Å². The molecular weight excluding hydrogens is 611 g/mol. The first kappa shape index (κ1) is 33.7. The van der Waals surface area contributed by atoms with E-state index in [4.69, 9.17) is 32.9 Å². The van der Waals surface area contributed by atoms with Crippen LogP contribution < -0.4 is 20.3 Å². The van der Waals surface area contributed by atoms with Gasteiger partial charge in [0.15, 0.2) is 0 Å². The third-order valence-electron chi connectivity index (χ3n) is 7.78. The molecule has 45 heavy (non-hydrogen) atoms. The van der Waals surface area contributed by atoms with Crippen LogP contribution in [0.3, 0.4) is 0 Å². The first-order valence-corrected chi connectivity index (χ1v) is 15.5. The number of likely N-dealkylation sites (N-methyl/N-ethyl adjacent to an activating group) is 1. The third-order valence-corrected chi connectivity index (χ3v) is 8.34. The van der Waals surface area contributed by atoms with Crippen molar-refractivity contribution in [3.63, 3.8) is 0 Å². The lowest BCUT2D eigenvalue weighted by Gasteiger charge is -2.19. The molecule has 0 radical (unpaired) electrons. The largest absolute Gasteiger partial charge is 0.420 e. The van der Waals surface area contributed by atoms with Gasteiger partial charge in [-0.3, -0.25) is 9.69 Å². The molecule has 2 N–H and O–H groups in total. The minimum atomic E-state index is -0.706. The molecule has 3 aromatic carbocycles. The molecule has 0 saturated heterocycles.